The molecule has 0 radical (unpaired) electrons. The number of amides is 2. The molecule has 2 aromatic rings. The van der Waals surface area contributed by atoms with Gasteiger partial charge in [0, 0.05) is 24.5 Å². The summed E-state index contributed by atoms with van der Waals surface area (Å²) in [5, 5.41) is 21.4. The summed E-state index contributed by atoms with van der Waals surface area (Å²) in [5.74, 6) is -2.48. The Balaban J connectivity index is 1.60. The maximum atomic E-state index is 12.6. The molecule has 0 saturated heterocycles. The van der Waals surface area contributed by atoms with Gasteiger partial charge in [0.15, 0.2) is 0 Å². The molecule has 0 aromatic heterocycles. The maximum Gasteiger partial charge on any atom is 0.322 e. The van der Waals surface area contributed by atoms with Crippen LogP contribution in [0.4, 0.5) is 0 Å². The van der Waals surface area contributed by atoms with Crippen LogP contribution in [-0.4, -0.2) is 46.0 Å². The van der Waals surface area contributed by atoms with E-state index < -0.39 is 29.9 Å². The number of carbonyl (C=O) groups is 3. The van der Waals surface area contributed by atoms with E-state index in [0.29, 0.717) is 17.4 Å². The Morgan fingerprint density at radius 2 is 1.87 bits per heavy atom. The van der Waals surface area contributed by atoms with Crippen molar-refractivity contribution in [1.29, 1.82) is 0 Å². The average Bonchev–Trinajstić information content (AvgIpc) is 2.74. The number of aliphatic hydroxyl groups is 1. The van der Waals surface area contributed by atoms with Crippen LogP contribution in [0.1, 0.15) is 17.5 Å². The van der Waals surface area contributed by atoms with Crippen molar-refractivity contribution in [1.82, 2.24) is 10.2 Å². The van der Waals surface area contributed by atoms with Crippen LogP contribution in [0.5, 0.6) is 5.75 Å². The number of aliphatic carboxylic acids is 1. The predicted molar refractivity (Wildman–Crippen MR) is 113 cm³/mol. The summed E-state index contributed by atoms with van der Waals surface area (Å²) in [6.45, 7) is 0.201. The van der Waals surface area contributed by atoms with Crippen LogP contribution in [0.25, 0.3) is 0 Å². The van der Waals surface area contributed by atoms with E-state index in [2.05, 4.69) is 5.32 Å². The first-order chi connectivity index (χ1) is 14.8. The number of halogens is 1. The molecule has 0 saturated carbocycles. The van der Waals surface area contributed by atoms with Crippen molar-refractivity contribution in [3.05, 3.63) is 76.0 Å². The Morgan fingerprint density at radius 3 is 2.55 bits per heavy atom. The molecule has 0 unspecified atom stereocenters. The summed E-state index contributed by atoms with van der Waals surface area (Å²) in [6, 6.07) is 14.6. The molecule has 162 valence electrons. The Labute approximate surface area is 183 Å². The SMILES string of the molecule is O=C(O)CNC(=O)C1=C(O)CCN(Cc2ccc(OCc3cccc(Cl)c3)cc2)C1=O. The van der Waals surface area contributed by atoms with Crippen LogP contribution < -0.4 is 10.1 Å². The van der Waals surface area contributed by atoms with Crippen molar-refractivity contribution in [2.24, 2.45) is 0 Å². The molecule has 2 amide bonds. The second kappa shape index (κ2) is 9.99. The van der Waals surface area contributed by atoms with Crippen molar-refractivity contribution in [3.63, 3.8) is 0 Å². The minimum Gasteiger partial charge on any atom is -0.511 e. The van der Waals surface area contributed by atoms with Gasteiger partial charge in [-0.3, -0.25) is 14.4 Å². The third-order valence-electron chi connectivity index (χ3n) is 4.63. The number of carboxylic acids is 1. The van der Waals surface area contributed by atoms with Gasteiger partial charge in [0.1, 0.15) is 30.2 Å². The van der Waals surface area contributed by atoms with Gasteiger partial charge < -0.3 is 25.2 Å². The molecule has 0 atom stereocenters. The van der Waals surface area contributed by atoms with Gasteiger partial charge in [0.2, 0.25) is 0 Å². The topological polar surface area (TPSA) is 116 Å². The molecule has 3 N–H and O–H groups in total. The predicted octanol–water partition coefficient (Wildman–Crippen LogP) is 2.66. The second-order valence-electron chi connectivity index (χ2n) is 6.94. The van der Waals surface area contributed by atoms with E-state index in [1.54, 1.807) is 18.2 Å². The highest BCUT2D eigenvalue weighted by Crippen LogP contribution is 2.21. The van der Waals surface area contributed by atoms with Crippen LogP contribution >= 0.6 is 11.6 Å². The minimum absolute atomic E-state index is 0.113. The fraction of sp³-hybridized carbons (Fsp3) is 0.227. The average molecular weight is 445 g/mol. The van der Waals surface area contributed by atoms with E-state index in [1.165, 1.54) is 4.90 Å². The first-order valence-corrected chi connectivity index (χ1v) is 9.89. The van der Waals surface area contributed by atoms with Gasteiger partial charge in [0.25, 0.3) is 11.8 Å². The summed E-state index contributed by atoms with van der Waals surface area (Å²) < 4.78 is 5.74. The van der Waals surface area contributed by atoms with E-state index >= 15 is 0 Å². The Hall–Kier alpha value is -3.52. The Kier molecular flexibility index (Phi) is 7.15. The molecule has 0 aliphatic carbocycles. The zero-order valence-electron chi connectivity index (χ0n) is 16.5. The van der Waals surface area contributed by atoms with Gasteiger partial charge in [-0.1, -0.05) is 35.9 Å². The summed E-state index contributed by atoms with van der Waals surface area (Å²) >= 11 is 5.96. The van der Waals surface area contributed by atoms with Crippen molar-refractivity contribution in [3.8, 4) is 5.75 Å². The number of rotatable bonds is 8. The highest BCUT2D eigenvalue weighted by Gasteiger charge is 2.32. The maximum absolute atomic E-state index is 12.6. The number of aliphatic hydroxyl groups excluding tert-OH is 1. The number of nitrogens with zero attached hydrogens (tertiary/aromatic N) is 1. The first-order valence-electron chi connectivity index (χ1n) is 9.51. The van der Waals surface area contributed by atoms with E-state index in [4.69, 9.17) is 21.4 Å². The summed E-state index contributed by atoms with van der Waals surface area (Å²) in [6.07, 6.45) is 0.113. The van der Waals surface area contributed by atoms with Crippen LogP contribution in [0.15, 0.2) is 59.9 Å². The highest BCUT2D eigenvalue weighted by atomic mass is 35.5. The van der Waals surface area contributed by atoms with Crippen LogP contribution in [0.3, 0.4) is 0 Å². The lowest BCUT2D eigenvalue weighted by Crippen LogP contribution is -2.43. The third kappa shape index (κ3) is 5.99. The van der Waals surface area contributed by atoms with Gasteiger partial charge >= 0.3 is 5.97 Å². The zero-order chi connectivity index (χ0) is 22.4. The highest BCUT2D eigenvalue weighted by molar-refractivity contribution is 6.30. The molecular formula is C22H21ClN2O6. The molecule has 2 aromatic carbocycles. The fourth-order valence-corrected chi connectivity index (χ4v) is 3.29. The standard InChI is InChI=1S/C22H21ClN2O6/c23-16-3-1-2-15(10-16)13-31-17-6-4-14(5-7-17)12-25-9-8-18(26)20(22(25)30)21(29)24-11-19(27)28/h1-7,10,26H,8-9,11-13H2,(H,24,29)(H,27,28). The summed E-state index contributed by atoms with van der Waals surface area (Å²) in [5.41, 5.74) is 1.33. The second-order valence-corrected chi connectivity index (χ2v) is 7.37. The number of ether oxygens (including phenoxy) is 1. The van der Waals surface area contributed by atoms with E-state index in [-0.39, 0.29) is 25.3 Å². The number of nitrogens with one attached hydrogen (secondary N) is 1. The van der Waals surface area contributed by atoms with Gasteiger partial charge in [-0.25, -0.2) is 0 Å². The minimum atomic E-state index is -1.24. The van der Waals surface area contributed by atoms with Crippen molar-refractivity contribution in [2.45, 2.75) is 19.6 Å². The van der Waals surface area contributed by atoms with E-state index in [1.807, 2.05) is 30.3 Å². The van der Waals surface area contributed by atoms with Crippen LogP contribution in [0.2, 0.25) is 5.02 Å². The van der Waals surface area contributed by atoms with Crippen molar-refractivity contribution >= 4 is 29.4 Å². The normalized spacial score (nSPS) is 13.8. The molecule has 31 heavy (non-hydrogen) atoms. The first kappa shape index (κ1) is 22.2. The lowest BCUT2D eigenvalue weighted by Gasteiger charge is -2.28. The van der Waals surface area contributed by atoms with Gasteiger partial charge in [-0.2, -0.15) is 0 Å². The molecular weight excluding hydrogens is 424 g/mol. The zero-order valence-corrected chi connectivity index (χ0v) is 17.3. The quantitative estimate of drug-likeness (QED) is 0.539. The Morgan fingerprint density at radius 1 is 1.13 bits per heavy atom. The van der Waals surface area contributed by atoms with Crippen LogP contribution in [0, 0.1) is 0 Å². The lowest BCUT2D eigenvalue weighted by atomic mass is 10.0. The molecule has 1 aliphatic rings. The van der Waals surface area contributed by atoms with E-state index in [0.717, 1.165) is 11.1 Å². The smallest absolute Gasteiger partial charge is 0.322 e. The van der Waals surface area contributed by atoms with Gasteiger partial charge in [-0.15, -0.1) is 0 Å². The van der Waals surface area contributed by atoms with Gasteiger partial charge in [0.05, 0.1) is 0 Å². The number of hydrogen-bond donors (Lipinski definition) is 3. The molecule has 0 bridgehead atoms. The molecule has 3 rings (SSSR count). The van der Waals surface area contributed by atoms with Crippen molar-refractivity contribution < 1.29 is 29.3 Å². The molecule has 0 fully saturated rings. The van der Waals surface area contributed by atoms with E-state index in [9.17, 15) is 19.5 Å². The number of carbonyl (C=O) groups excluding carboxylic acids is 2. The molecule has 9 heteroatoms. The number of hydrogen-bond acceptors (Lipinski definition) is 5. The summed E-state index contributed by atoms with van der Waals surface area (Å²) in [7, 11) is 0. The third-order valence-corrected chi connectivity index (χ3v) is 4.86. The molecule has 8 nitrogen and oxygen atoms in total. The fourth-order valence-electron chi connectivity index (χ4n) is 3.08. The molecule has 0 spiro atoms. The lowest BCUT2D eigenvalue weighted by molar-refractivity contribution is -0.138. The molecule has 1 aliphatic heterocycles. The van der Waals surface area contributed by atoms with Gasteiger partial charge in [-0.05, 0) is 35.4 Å². The molecule has 1 heterocycles. The van der Waals surface area contributed by atoms with Crippen molar-refractivity contribution in [2.75, 3.05) is 13.1 Å². The largest absolute Gasteiger partial charge is 0.511 e. The Bertz CT molecular complexity index is 1020. The number of benzene rings is 2. The monoisotopic (exact) mass is 444 g/mol. The number of carboxylic acid groups (broad SMARTS) is 1. The summed E-state index contributed by atoms with van der Waals surface area (Å²) in [4.78, 5) is 36.8. The van der Waals surface area contributed by atoms with Crippen LogP contribution in [-0.2, 0) is 27.5 Å².